The van der Waals surface area contributed by atoms with Crippen molar-refractivity contribution in [1.82, 2.24) is 21.1 Å². The number of hydrogen-bond acceptors (Lipinski definition) is 4. The van der Waals surface area contributed by atoms with Crippen molar-refractivity contribution in [2.75, 3.05) is 26.2 Å². The number of rotatable bonds is 5. The van der Waals surface area contributed by atoms with Crippen LogP contribution in [0.5, 0.6) is 0 Å². The SMILES string of the molecule is CCC1NNCC1C(=O)NCCN1CCc2ccccc2C1. The molecule has 120 valence electrons. The molecule has 0 spiro atoms. The Morgan fingerprint density at radius 3 is 3.00 bits per heavy atom. The van der Waals surface area contributed by atoms with Crippen LogP contribution < -0.4 is 16.2 Å². The van der Waals surface area contributed by atoms with Gasteiger partial charge in [0.1, 0.15) is 0 Å². The summed E-state index contributed by atoms with van der Waals surface area (Å²) in [6, 6.07) is 8.90. The first-order valence-electron chi connectivity index (χ1n) is 8.33. The van der Waals surface area contributed by atoms with Crippen molar-refractivity contribution in [2.45, 2.75) is 32.4 Å². The van der Waals surface area contributed by atoms with Gasteiger partial charge in [0.15, 0.2) is 0 Å². The second-order valence-electron chi connectivity index (χ2n) is 6.23. The van der Waals surface area contributed by atoms with Gasteiger partial charge in [-0.05, 0) is 24.0 Å². The van der Waals surface area contributed by atoms with Crippen LogP contribution in [0.3, 0.4) is 0 Å². The molecule has 3 rings (SSSR count). The monoisotopic (exact) mass is 302 g/mol. The Bertz CT molecular complexity index is 519. The molecule has 1 aromatic carbocycles. The van der Waals surface area contributed by atoms with E-state index in [1.54, 1.807) is 0 Å². The first-order chi connectivity index (χ1) is 10.8. The molecular weight excluding hydrogens is 276 g/mol. The topological polar surface area (TPSA) is 56.4 Å². The van der Waals surface area contributed by atoms with Crippen molar-refractivity contribution in [2.24, 2.45) is 5.92 Å². The Morgan fingerprint density at radius 1 is 1.36 bits per heavy atom. The maximum absolute atomic E-state index is 12.2. The molecule has 1 saturated heterocycles. The lowest BCUT2D eigenvalue weighted by Crippen LogP contribution is -2.42. The summed E-state index contributed by atoms with van der Waals surface area (Å²) in [6.45, 7) is 6.56. The molecular formula is C17H26N4O. The molecule has 0 aliphatic carbocycles. The normalized spacial score (nSPS) is 25.0. The summed E-state index contributed by atoms with van der Waals surface area (Å²) in [6.07, 6.45) is 2.08. The average Bonchev–Trinajstić information content (AvgIpc) is 3.03. The first-order valence-corrected chi connectivity index (χ1v) is 8.33. The van der Waals surface area contributed by atoms with Gasteiger partial charge in [0.25, 0.3) is 0 Å². The van der Waals surface area contributed by atoms with E-state index in [9.17, 15) is 4.79 Å². The number of hydrazine groups is 1. The molecule has 2 aliphatic heterocycles. The lowest BCUT2D eigenvalue weighted by molar-refractivity contribution is -0.124. The molecule has 0 saturated carbocycles. The number of benzene rings is 1. The molecule has 22 heavy (non-hydrogen) atoms. The van der Waals surface area contributed by atoms with Crippen LogP contribution >= 0.6 is 0 Å². The standard InChI is InChI=1S/C17H26N4O/c1-2-16-15(11-19-20-16)17(22)18-8-10-21-9-7-13-5-3-4-6-14(13)12-21/h3-6,15-16,19-20H,2,7-12H2,1H3,(H,18,22). The van der Waals surface area contributed by atoms with Crippen molar-refractivity contribution >= 4 is 5.91 Å². The number of nitrogens with one attached hydrogen (secondary N) is 3. The fraction of sp³-hybridized carbons (Fsp3) is 0.588. The maximum Gasteiger partial charge on any atom is 0.226 e. The van der Waals surface area contributed by atoms with Crippen molar-refractivity contribution in [3.63, 3.8) is 0 Å². The molecule has 1 aromatic rings. The van der Waals surface area contributed by atoms with Crippen LogP contribution in [0.25, 0.3) is 0 Å². The lowest BCUT2D eigenvalue weighted by Gasteiger charge is -2.29. The summed E-state index contributed by atoms with van der Waals surface area (Å²) in [4.78, 5) is 14.7. The summed E-state index contributed by atoms with van der Waals surface area (Å²) >= 11 is 0. The molecule has 1 fully saturated rings. The molecule has 0 radical (unpaired) electrons. The molecule has 1 amide bonds. The minimum atomic E-state index is 0.0482. The Morgan fingerprint density at radius 2 is 2.18 bits per heavy atom. The molecule has 2 atom stereocenters. The van der Waals surface area contributed by atoms with Gasteiger partial charge in [-0.25, -0.2) is 0 Å². The Hall–Kier alpha value is -1.43. The van der Waals surface area contributed by atoms with Crippen LogP contribution in [-0.2, 0) is 17.8 Å². The van der Waals surface area contributed by atoms with E-state index in [-0.39, 0.29) is 17.9 Å². The van der Waals surface area contributed by atoms with E-state index in [0.717, 1.165) is 45.6 Å². The largest absolute Gasteiger partial charge is 0.354 e. The number of amides is 1. The van der Waals surface area contributed by atoms with E-state index in [0.29, 0.717) is 0 Å². The van der Waals surface area contributed by atoms with Crippen molar-refractivity contribution in [1.29, 1.82) is 0 Å². The van der Waals surface area contributed by atoms with Crippen LogP contribution in [0.2, 0.25) is 0 Å². The molecule has 0 aromatic heterocycles. The third-order valence-corrected chi connectivity index (χ3v) is 4.81. The van der Waals surface area contributed by atoms with E-state index < -0.39 is 0 Å². The van der Waals surface area contributed by atoms with E-state index in [1.165, 1.54) is 11.1 Å². The zero-order valence-electron chi connectivity index (χ0n) is 13.3. The van der Waals surface area contributed by atoms with Gasteiger partial charge >= 0.3 is 0 Å². The van der Waals surface area contributed by atoms with Crippen LogP contribution in [0, 0.1) is 5.92 Å². The molecule has 2 heterocycles. The third kappa shape index (κ3) is 3.48. The van der Waals surface area contributed by atoms with E-state index in [4.69, 9.17) is 0 Å². The predicted molar refractivity (Wildman–Crippen MR) is 87.1 cm³/mol. The first kappa shape index (κ1) is 15.5. The minimum absolute atomic E-state index is 0.0482. The highest BCUT2D eigenvalue weighted by atomic mass is 16.2. The van der Waals surface area contributed by atoms with Gasteiger partial charge in [-0.2, -0.15) is 0 Å². The Kier molecular flexibility index (Phi) is 5.08. The molecule has 5 nitrogen and oxygen atoms in total. The quantitative estimate of drug-likeness (QED) is 0.748. The summed E-state index contributed by atoms with van der Waals surface area (Å²) < 4.78 is 0. The van der Waals surface area contributed by atoms with Crippen LogP contribution in [0.4, 0.5) is 0 Å². The highest BCUT2D eigenvalue weighted by Crippen LogP contribution is 2.17. The van der Waals surface area contributed by atoms with Crippen molar-refractivity contribution < 1.29 is 4.79 Å². The third-order valence-electron chi connectivity index (χ3n) is 4.81. The highest BCUT2D eigenvalue weighted by molar-refractivity contribution is 5.79. The number of carbonyl (C=O) groups is 1. The molecule has 3 N–H and O–H groups in total. The summed E-state index contributed by atoms with van der Waals surface area (Å²) in [7, 11) is 0. The lowest BCUT2D eigenvalue weighted by atomic mass is 9.99. The van der Waals surface area contributed by atoms with Gasteiger partial charge < -0.3 is 5.32 Å². The fourth-order valence-corrected chi connectivity index (χ4v) is 3.42. The predicted octanol–water partition coefficient (Wildman–Crippen LogP) is 0.664. The summed E-state index contributed by atoms with van der Waals surface area (Å²) in [5.74, 6) is 0.217. The van der Waals surface area contributed by atoms with Crippen molar-refractivity contribution in [3.8, 4) is 0 Å². The Labute approximate surface area is 132 Å². The van der Waals surface area contributed by atoms with Gasteiger partial charge in [0, 0.05) is 38.8 Å². The zero-order valence-corrected chi connectivity index (χ0v) is 13.3. The Balaban J connectivity index is 1.43. The van der Waals surface area contributed by atoms with Crippen LogP contribution in [0.1, 0.15) is 24.5 Å². The zero-order chi connectivity index (χ0) is 15.4. The van der Waals surface area contributed by atoms with Crippen LogP contribution in [-0.4, -0.2) is 43.0 Å². The molecule has 0 bridgehead atoms. The van der Waals surface area contributed by atoms with E-state index in [1.807, 2.05) is 0 Å². The highest BCUT2D eigenvalue weighted by Gasteiger charge is 2.31. The maximum atomic E-state index is 12.2. The van der Waals surface area contributed by atoms with Crippen LogP contribution in [0.15, 0.2) is 24.3 Å². The van der Waals surface area contributed by atoms with Gasteiger partial charge in [0.05, 0.1) is 5.92 Å². The second-order valence-corrected chi connectivity index (χ2v) is 6.23. The fourth-order valence-electron chi connectivity index (χ4n) is 3.42. The smallest absolute Gasteiger partial charge is 0.226 e. The second kappa shape index (κ2) is 7.22. The van der Waals surface area contributed by atoms with E-state index in [2.05, 4.69) is 52.3 Å². The average molecular weight is 302 g/mol. The summed E-state index contributed by atoms with van der Waals surface area (Å²) in [5.41, 5.74) is 9.15. The van der Waals surface area contributed by atoms with Crippen molar-refractivity contribution in [3.05, 3.63) is 35.4 Å². The number of fused-ring (bicyclic) bond motifs is 1. The molecule has 5 heteroatoms. The van der Waals surface area contributed by atoms with E-state index >= 15 is 0 Å². The molecule has 2 aliphatic rings. The number of carbonyl (C=O) groups excluding carboxylic acids is 1. The van der Waals surface area contributed by atoms with Gasteiger partial charge in [-0.1, -0.05) is 31.2 Å². The van der Waals surface area contributed by atoms with Gasteiger partial charge in [-0.3, -0.25) is 20.5 Å². The number of hydrogen-bond donors (Lipinski definition) is 3. The molecule has 2 unspecified atom stereocenters. The van der Waals surface area contributed by atoms with Gasteiger partial charge in [-0.15, -0.1) is 0 Å². The number of nitrogens with zero attached hydrogens (tertiary/aromatic N) is 1. The minimum Gasteiger partial charge on any atom is -0.354 e. The summed E-state index contributed by atoms with van der Waals surface area (Å²) in [5, 5.41) is 3.10. The van der Waals surface area contributed by atoms with Gasteiger partial charge in [0.2, 0.25) is 5.91 Å².